The van der Waals surface area contributed by atoms with Crippen LogP contribution in [0, 0.1) is 0 Å². The number of hydrogen-bond donors (Lipinski definition) is 3. The minimum absolute atomic E-state index is 0.0229. The van der Waals surface area contributed by atoms with Crippen molar-refractivity contribution in [3.8, 4) is 0 Å². The average Bonchev–Trinajstić information content (AvgIpc) is 3.46. The molecule has 1 saturated heterocycles. The van der Waals surface area contributed by atoms with Crippen LogP contribution in [0.4, 0.5) is 0 Å². The molecule has 1 fully saturated rings. The van der Waals surface area contributed by atoms with Gasteiger partial charge >= 0.3 is 23.9 Å². The van der Waals surface area contributed by atoms with E-state index < -0.39 is 85.1 Å². The standard InChI is InChI=1S/C32H44N4O14S/c1-8-10-22(23-12-21(43-11-9-2)13-25(41)48-23)34-31(42)32(33)15-51-29(35-32)16(3)36-50-30-28(47-20(7)40)27(46-19(6)39)26(45-18(5)38)24(49-30)14-44-17(4)37/h9,12-13,22,24-28,30,41H,2,8,10-11,14-15,33H2,1,3-7H3,(H,34,42)/b36-16+/t22-,24-,25?,26-,27+,28-,30-,32+/m1/s1. The Kier molecular flexibility index (Phi) is 15.0. The van der Waals surface area contributed by atoms with Gasteiger partial charge in [0, 0.05) is 45.6 Å². The zero-order valence-electron chi connectivity index (χ0n) is 29.2. The fraction of sp³-hybridized carbons (Fsp3) is 0.594. The van der Waals surface area contributed by atoms with Crippen molar-refractivity contribution in [2.45, 2.75) is 103 Å². The molecule has 0 radical (unpaired) electrons. The number of nitrogens with one attached hydrogen (secondary N) is 1. The van der Waals surface area contributed by atoms with E-state index in [-0.39, 0.29) is 28.9 Å². The molecule has 51 heavy (non-hydrogen) atoms. The van der Waals surface area contributed by atoms with Gasteiger partial charge in [-0.25, -0.2) is 4.99 Å². The number of nitrogens with two attached hydrogens (primary N) is 1. The van der Waals surface area contributed by atoms with Gasteiger partial charge in [-0.2, -0.15) is 0 Å². The second kappa shape index (κ2) is 18.7. The maximum atomic E-state index is 13.5. The first-order valence-corrected chi connectivity index (χ1v) is 16.9. The highest BCUT2D eigenvalue weighted by Crippen LogP contribution is 2.31. The molecular formula is C32H44N4O14S. The SMILES string of the molecule is C=CCOC1=CC(O)OC([C@@H](CCC)NC(=O)[C@]2(N)CSC(/C(C)=N/O[C@H]3O[C@H](COC(C)=O)[C@@H](OC(C)=O)[C@H](OC(C)=O)[C@H]3OC(C)=O)=N2)=C1. The van der Waals surface area contributed by atoms with Crippen molar-refractivity contribution in [3.63, 3.8) is 0 Å². The first kappa shape index (κ1) is 41.0. The van der Waals surface area contributed by atoms with Crippen LogP contribution in [0.5, 0.6) is 0 Å². The van der Waals surface area contributed by atoms with Gasteiger partial charge < -0.3 is 48.4 Å². The van der Waals surface area contributed by atoms with Crippen LogP contribution >= 0.6 is 11.8 Å². The lowest BCUT2D eigenvalue weighted by atomic mass is 9.98. The number of hydrogen-bond acceptors (Lipinski definition) is 18. The zero-order chi connectivity index (χ0) is 37.9. The molecule has 1 amide bonds. The Morgan fingerprint density at radius 1 is 1.10 bits per heavy atom. The molecule has 3 rings (SSSR count). The molecule has 0 aromatic heterocycles. The number of rotatable bonds is 16. The number of carbonyl (C=O) groups excluding carboxylic acids is 5. The second-order valence-corrected chi connectivity index (χ2v) is 12.5. The van der Waals surface area contributed by atoms with Crippen LogP contribution in [0.25, 0.3) is 0 Å². The van der Waals surface area contributed by atoms with Crippen molar-refractivity contribution >= 4 is 52.3 Å². The Balaban J connectivity index is 1.84. The summed E-state index contributed by atoms with van der Waals surface area (Å²) in [4.78, 5) is 71.3. The van der Waals surface area contributed by atoms with Crippen molar-refractivity contribution in [1.29, 1.82) is 0 Å². The van der Waals surface area contributed by atoms with Gasteiger partial charge in [0.15, 0.2) is 17.9 Å². The lowest BCUT2D eigenvalue weighted by Crippen LogP contribution is -2.62. The van der Waals surface area contributed by atoms with Gasteiger partial charge in [-0.15, -0.1) is 11.8 Å². The number of aliphatic imine (C=N–C) groups is 1. The molecule has 8 atom stereocenters. The van der Waals surface area contributed by atoms with E-state index in [1.54, 1.807) is 12.2 Å². The van der Waals surface area contributed by atoms with Gasteiger partial charge in [0.1, 0.15) is 41.6 Å². The van der Waals surface area contributed by atoms with E-state index in [2.05, 4.69) is 22.0 Å². The van der Waals surface area contributed by atoms with Crippen molar-refractivity contribution in [2.75, 3.05) is 19.0 Å². The number of carbonyl (C=O) groups is 5. The topological polar surface area (TPSA) is 242 Å². The van der Waals surface area contributed by atoms with Crippen LogP contribution < -0.4 is 11.1 Å². The normalized spacial score (nSPS) is 28.0. The van der Waals surface area contributed by atoms with Crippen LogP contribution in [-0.4, -0.2) is 113 Å². The summed E-state index contributed by atoms with van der Waals surface area (Å²) in [6.07, 6.45) is -2.84. The van der Waals surface area contributed by atoms with Crippen molar-refractivity contribution in [3.05, 3.63) is 36.3 Å². The maximum absolute atomic E-state index is 13.5. The molecule has 0 bridgehead atoms. The van der Waals surface area contributed by atoms with Crippen LogP contribution in [0.1, 0.15) is 54.4 Å². The fourth-order valence-corrected chi connectivity index (χ4v) is 6.02. The molecule has 4 N–H and O–H groups in total. The summed E-state index contributed by atoms with van der Waals surface area (Å²) in [5.41, 5.74) is 4.86. The van der Waals surface area contributed by atoms with Crippen LogP contribution in [0.15, 0.2) is 46.5 Å². The first-order valence-electron chi connectivity index (χ1n) is 15.9. The van der Waals surface area contributed by atoms with Crippen LogP contribution in [0.3, 0.4) is 0 Å². The monoisotopic (exact) mass is 740 g/mol. The number of thioether (sulfide) groups is 1. The first-order chi connectivity index (χ1) is 24.1. The number of allylic oxidation sites excluding steroid dienone is 1. The van der Waals surface area contributed by atoms with Gasteiger partial charge in [0.2, 0.25) is 12.4 Å². The largest absolute Gasteiger partial charge is 0.490 e. The zero-order valence-corrected chi connectivity index (χ0v) is 30.0. The van der Waals surface area contributed by atoms with E-state index in [9.17, 15) is 29.1 Å². The predicted octanol–water partition coefficient (Wildman–Crippen LogP) is 0.866. The Labute approximate surface area is 298 Å². The van der Waals surface area contributed by atoms with Gasteiger partial charge in [-0.3, -0.25) is 29.7 Å². The van der Waals surface area contributed by atoms with E-state index >= 15 is 0 Å². The molecule has 3 aliphatic heterocycles. The van der Waals surface area contributed by atoms with E-state index in [1.807, 2.05) is 6.92 Å². The molecule has 3 aliphatic rings. The lowest BCUT2D eigenvalue weighted by Gasteiger charge is -2.42. The maximum Gasteiger partial charge on any atom is 0.303 e. The highest BCUT2D eigenvalue weighted by molar-refractivity contribution is 8.16. The van der Waals surface area contributed by atoms with Gasteiger partial charge in [-0.1, -0.05) is 31.2 Å². The smallest absolute Gasteiger partial charge is 0.303 e. The number of aliphatic hydroxyl groups excluding tert-OH is 1. The number of ether oxygens (including phenoxy) is 7. The summed E-state index contributed by atoms with van der Waals surface area (Å²) < 4.78 is 38.2. The summed E-state index contributed by atoms with van der Waals surface area (Å²) in [5, 5.41) is 17.4. The molecule has 0 spiro atoms. The second-order valence-electron chi connectivity index (χ2n) is 11.5. The molecule has 19 heteroatoms. The highest BCUT2D eigenvalue weighted by Gasteiger charge is 2.54. The number of nitrogens with zero attached hydrogens (tertiary/aromatic N) is 2. The van der Waals surface area contributed by atoms with Gasteiger partial charge in [0.05, 0.1) is 6.04 Å². The predicted molar refractivity (Wildman–Crippen MR) is 179 cm³/mol. The molecular weight excluding hydrogens is 696 g/mol. The number of oxime groups is 1. The molecule has 0 aliphatic carbocycles. The molecule has 3 heterocycles. The van der Waals surface area contributed by atoms with Crippen molar-refractivity contribution in [1.82, 2.24) is 5.32 Å². The number of amides is 1. The third kappa shape index (κ3) is 11.8. The number of esters is 4. The third-order valence-corrected chi connectivity index (χ3v) is 8.36. The van der Waals surface area contributed by atoms with E-state index in [0.717, 1.165) is 39.5 Å². The molecule has 0 aromatic rings. The molecule has 282 valence electrons. The average molecular weight is 741 g/mol. The molecule has 18 nitrogen and oxygen atoms in total. The fourth-order valence-electron chi connectivity index (χ4n) is 4.99. The molecule has 0 aromatic carbocycles. The molecule has 1 unspecified atom stereocenters. The summed E-state index contributed by atoms with van der Waals surface area (Å²) >= 11 is 1.12. The van der Waals surface area contributed by atoms with Crippen LogP contribution in [-0.2, 0) is 62.0 Å². The Bertz CT molecular complexity index is 1460. The van der Waals surface area contributed by atoms with Gasteiger partial charge in [-0.05, 0) is 13.3 Å². The van der Waals surface area contributed by atoms with Crippen molar-refractivity contribution in [2.24, 2.45) is 15.9 Å². The highest BCUT2D eigenvalue weighted by atomic mass is 32.2. The Morgan fingerprint density at radius 3 is 2.35 bits per heavy atom. The minimum Gasteiger partial charge on any atom is -0.490 e. The van der Waals surface area contributed by atoms with Crippen molar-refractivity contribution < 1.29 is 67.1 Å². The molecule has 0 saturated carbocycles. The minimum atomic E-state index is -1.73. The Morgan fingerprint density at radius 2 is 1.75 bits per heavy atom. The third-order valence-electron chi connectivity index (χ3n) is 7.12. The summed E-state index contributed by atoms with van der Waals surface area (Å²) in [7, 11) is 0. The van der Waals surface area contributed by atoms with E-state index in [0.29, 0.717) is 18.6 Å². The quantitative estimate of drug-likeness (QED) is 0.0654. The van der Waals surface area contributed by atoms with Gasteiger partial charge in [0.25, 0.3) is 12.2 Å². The summed E-state index contributed by atoms with van der Waals surface area (Å²) in [6.45, 7) is 11.2. The summed E-state index contributed by atoms with van der Waals surface area (Å²) in [5.74, 6) is -3.06. The lowest BCUT2D eigenvalue weighted by molar-refractivity contribution is -0.308. The summed E-state index contributed by atoms with van der Waals surface area (Å²) in [6, 6.07) is -0.668. The van der Waals surface area contributed by atoms with E-state index in [4.69, 9.17) is 43.7 Å². The van der Waals surface area contributed by atoms with Crippen LogP contribution in [0.2, 0.25) is 0 Å². The van der Waals surface area contributed by atoms with E-state index in [1.165, 1.54) is 13.0 Å². The number of aliphatic hydroxyl groups is 1. The Hall–Kier alpha value is -4.46.